The van der Waals surface area contributed by atoms with E-state index in [1.165, 1.54) is 11.8 Å². The van der Waals surface area contributed by atoms with E-state index < -0.39 is 0 Å². The van der Waals surface area contributed by atoms with Crippen molar-refractivity contribution >= 4 is 11.0 Å². The Morgan fingerprint density at radius 1 is 1.36 bits per heavy atom. The van der Waals surface area contributed by atoms with Crippen LogP contribution in [0.5, 0.6) is 5.75 Å². The topological polar surface area (TPSA) is 48.9 Å². The first kappa shape index (κ1) is 9.06. The number of aromatic amines is 1. The molecule has 0 aromatic carbocycles. The second-order valence-corrected chi connectivity index (χ2v) is 4.54. The molecule has 74 valence electrons. The molecule has 0 unspecified atom stereocenters. The lowest BCUT2D eigenvalue weighted by molar-refractivity contribution is 0.473. The molecule has 2 N–H and O–H groups in total. The number of nitrogens with one attached hydrogen (secondary N) is 1. The van der Waals surface area contributed by atoms with Gasteiger partial charge in [-0.25, -0.2) is 4.98 Å². The Hall–Kier alpha value is -1.51. The Kier molecular flexibility index (Phi) is 1.77. The molecule has 2 aromatic heterocycles. The molecule has 0 radical (unpaired) electrons. The predicted octanol–water partition coefficient (Wildman–Crippen LogP) is 2.57. The van der Waals surface area contributed by atoms with Gasteiger partial charge in [-0.05, 0) is 17.0 Å². The summed E-state index contributed by atoms with van der Waals surface area (Å²) in [4.78, 5) is 7.21. The monoisotopic (exact) mass is 190 g/mol. The summed E-state index contributed by atoms with van der Waals surface area (Å²) in [5, 5.41) is 10.4. The van der Waals surface area contributed by atoms with Crippen molar-refractivity contribution in [2.75, 3.05) is 0 Å². The second kappa shape index (κ2) is 2.74. The number of hydrogen-bond acceptors (Lipinski definition) is 2. The van der Waals surface area contributed by atoms with Crippen LogP contribution in [0.25, 0.3) is 11.0 Å². The molecule has 2 heterocycles. The number of hydrogen-bond donors (Lipinski definition) is 2. The lowest BCUT2D eigenvalue weighted by atomic mass is 9.87. The molecule has 2 aromatic rings. The zero-order chi connectivity index (χ0) is 10.3. The molecule has 0 bridgehead atoms. The highest BCUT2D eigenvalue weighted by molar-refractivity contribution is 5.81. The van der Waals surface area contributed by atoms with Crippen LogP contribution in [0.4, 0.5) is 0 Å². The summed E-state index contributed by atoms with van der Waals surface area (Å²) >= 11 is 0. The summed E-state index contributed by atoms with van der Waals surface area (Å²) in [7, 11) is 0. The molecule has 0 aliphatic carbocycles. The Bertz CT molecular complexity index is 466. The maximum absolute atomic E-state index is 9.36. The lowest BCUT2D eigenvalue weighted by Crippen LogP contribution is -2.09. The SMILES string of the molecule is CC(C)(C)c1c[nH]c2ncc(O)cc12. The minimum atomic E-state index is 0.0632. The van der Waals surface area contributed by atoms with Gasteiger partial charge in [0.2, 0.25) is 0 Å². The van der Waals surface area contributed by atoms with Crippen LogP contribution in [-0.2, 0) is 5.41 Å². The molecule has 14 heavy (non-hydrogen) atoms. The third-order valence-corrected chi connectivity index (χ3v) is 2.32. The van der Waals surface area contributed by atoms with Crippen molar-refractivity contribution in [1.82, 2.24) is 9.97 Å². The highest BCUT2D eigenvalue weighted by Crippen LogP contribution is 2.30. The van der Waals surface area contributed by atoms with Gasteiger partial charge < -0.3 is 10.1 Å². The number of nitrogens with zero attached hydrogens (tertiary/aromatic N) is 1. The molecule has 3 nitrogen and oxygen atoms in total. The first-order chi connectivity index (χ1) is 6.48. The minimum Gasteiger partial charge on any atom is -0.506 e. The van der Waals surface area contributed by atoms with E-state index in [-0.39, 0.29) is 11.2 Å². The fourth-order valence-corrected chi connectivity index (χ4v) is 1.61. The van der Waals surface area contributed by atoms with Crippen molar-refractivity contribution in [2.24, 2.45) is 0 Å². The van der Waals surface area contributed by atoms with Crippen molar-refractivity contribution in [1.29, 1.82) is 0 Å². The van der Waals surface area contributed by atoms with Crippen molar-refractivity contribution < 1.29 is 5.11 Å². The van der Waals surface area contributed by atoms with Gasteiger partial charge >= 0.3 is 0 Å². The third-order valence-electron chi connectivity index (χ3n) is 2.32. The van der Waals surface area contributed by atoms with Gasteiger partial charge in [0.15, 0.2) is 0 Å². The molecule has 0 aliphatic rings. The van der Waals surface area contributed by atoms with Gasteiger partial charge in [-0.1, -0.05) is 20.8 Å². The fraction of sp³-hybridized carbons (Fsp3) is 0.364. The zero-order valence-electron chi connectivity index (χ0n) is 8.63. The third kappa shape index (κ3) is 1.35. The maximum atomic E-state index is 9.36. The Balaban J connectivity index is 2.73. The molecule has 2 rings (SSSR count). The van der Waals surface area contributed by atoms with Gasteiger partial charge in [-0.3, -0.25) is 0 Å². The molecule has 0 fully saturated rings. The normalized spacial score (nSPS) is 12.2. The van der Waals surface area contributed by atoms with Crippen LogP contribution < -0.4 is 0 Å². The van der Waals surface area contributed by atoms with E-state index >= 15 is 0 Å². The fourth-order valence-electron chi connectivity index (χ4n) is 1.61. The Morgan fingerprint density at radius 2 is 2.07 bits per heavy atom. The van der Waals surface area contributed by atoms with E-state index in [1.807, 2.05) is 6.20 Å². The Morgan fingerprint density at radius 3 is 2.71 bits per heavy atom. The number of rotatable bonds is 0. The smallest absolute Gasteiger partial charge is 0.137 e. The van der Waals surface area contributed by atoms with Crippen LogP contribution in [0.1, 0.15) is 26.3 Å². The maximum Gasteiger partial charge on any atom is 0.137 e. The summed E-state index contributed by atoms with van der Waals surface area (Å²) in [6, 6.07) is 1.75. The Labute approximate surface area is 82.8 Å². The van der Waals surface area contributed by atoms with Crippen molar-refractivity contribution in [3.8, 4) is 5.75 Å². The van der Waals surface area contributed by atoms with E-state index in [0.29, 0.717) is 0 Å². The van der Waals surface area contributed by atoms with Crippen LogP contribution >= 0.6 is 0 Å². The highest BCUT2D eigenvalue weighted by Gasteiger charge is 2.18. The molecule has 0 spiro atoms. The van der Waals surface area contributed by atoms with E-state index in [0.717, 1.165) is 11.0 Å². The van der Waals surface area contributed by atoms with Crippen LogP contribution in [0.2, 0.25) is 0 Å². The van der Waals surface area contributed by atoms with E-state index in [1.54, 1.807) is 6.07 Å². The van der Waals surface area contributed by atoms with Gasteiger partial charge in [-0.15, -0.1) is 0 Å². The number of pyridine rings is 1. The van der Waals surface area contributed by atoms with Gasteiger partial charge in [0.05, 0.1) is 6.20 Å². The van der Waals surface area contributed by atoms with Crippen LogP contribution in [0.15, 0.2) is 18.5 Å². The average Bonchev–Trinajstić information content (AvgIpc) is 2.45. The summed E-state index contributed by atoms with van der Waals surface area (Å²) in [5.41, 5.74) is 2.07. The van der Waals surface area contributed by atoms with Crippen molar-refractivity contribution in [2.45, 2.75) is 26.2 Å². The van der Waals surface area contributed by atoms with Crippen LogP contribution in [-0.4, -0.2) is 15.1 Å². The quantitative estimate of drug-likeness (QED) is 0.670. The molecule has 0 saturated heterocycles. The number of fused-ring (bicyclic) bond motifs is 1. The molecule has 0 atom stereocenters. The molecule has 0 aliphatic heterocycles. The van der Waals surface area contributed by atoms with Crippen molar-refractivity contribution in [3.05, 3.63) is 24.0 Å². The highest BCUT2D eigenvalue weighted by atomic mass is 16.3. The molecule has 0 saturated carbocycles. The van der Waals surface area contributed by atoms with Crippen LogP contribution in [0, 0.1) is 0 Å². The minimum absolute atomic E-state index is 0.0632. The first-order valence-electron chi connectivity index (χ1n) is 4.65. The van der Waals surface area contributed by atoms with Gasteiger partial charge in [-0.2, -0.15) is 0 Å². The zero-order valence-corrected chi connectivity index (χ0v) is 8.63. The summed E-state index contributed by atoms with van der Waals surface area (Å²) in [6.45, 7) is 6.42. The summed E-state index contributed by atoms with van der Waals surface area (Å²) < 4.78 is 0. The van der Waals surface area contributed by atoms with Gasteiger partial charge in [0.1, 0.15) is 11.4 Å². The largest absolute Gasteiger partial charge is 0.506 e. The van der Waals surface area contributed by atoms with Crippen LogP contribution in [0.3, 0.4) is 0 Å². The summed E-state index contributed by atoms with van der Waals surface area (Å²) in [6.07, 6.45) is 3.41. The summed E-state index contributed by atoms with van der Waals surface area (Å²) in [5.74, 6) is 0.211. The average molecular weight is 190 g/mol. The molecular weight excluding hydrogens is 176 g/mol. The standard InChI is InChI=1S/C11H14N2O/c1-11(2,3)9-6-13-10-8(9)4-7(14)5-12-10/h4-6,14H,1-3H3,(H,12,13). The van der Waals surface area contributed by atoms with Crippen molar-refractivity contribution in [3.63, 3.8) is 0 Å². The number of H-pyrrole nitrogens is 1. The van der Waals surface area contributed by atoms with E-state index in [9.17, 15) is 5.11 Å². The lowest BCUT2D eigenvalue weighted by Gasteiger charge is -2.17. The van der Waals surface area contributed by atoms with Gasteiger partial charge in [0, 0.05) is 11.6 Å². The molecule has 0 amide bonds. The van der Waals surface area contributed by atoms with E-state index in [2.05, 4.69) is 30.7 Å². The molecule has 3 heteroatoms. The van der Waals surface area contributed by atoms with E-state index in [4.69, 9.17) is 0 Å². The first-order valence-corrected chi connectivity index (χ1v) is 4.65. The number of aromatic nitrogens is 2. The second-order valence-electron chi connectivity index (χ2n) is 4.54. The van der Waals surface area contributed by atoms with Gasteiger partial charge in [0.25, 0.3) is 0 Å². The number of aromatic hydroxyl groups is 1. The molecular formula is C11H14N2O. The predicted molar refractivity (Wildman–Crippen MR) is 56.5 cm³/mol.